The fourth-order valence-electron chi connectivity index (χ4n) is 2.25. The van der Waals surface area contributed by atoms with Gasteiger partial charge < -0.3 is 10.2 Å². The van der Waals surface area contributed by atoms with Crippen molar-refractivity contribution in [2.24, 2.45) is 5.92 Å². The fraction of sp³-hybridized carbons (Fsp3) is 0.643. The average Bonchev–Trinajstić information content (AvgIpc) is 2.39. The molecule has 1 N–H and O–H groups in total. The van der Waals surface area contributed by atoms with Crippen LogP contribution in [0.25, 0.3) is 0 Å². The van der Waals surface area contributed by atoms with Gasteiger partial charge in [-0.25, -0.2) is 0 Å². The van der Waals surface area contributed by atoms with Gasteiger partial charge in [0.2, 0.25) is 5.91 Å². The first-order chi connectivity index (χ1) is 9.15. The minimum absolute atomic E-state index is 0.00461. The molecule has 104 valence electrons. The minimum Gasteiger partial charge on any atom is -0.355 e. The molecule has 0 spiro atoms. The van der Waals surface area contributed by atoms with Gasteiger partial charge in [0.05, 0.1) is 0 Å². The molecule has 1 aliphatic rings. The van der Waals surface area contributed by atoms with Gasteiger partial charge in [0.15, 0.2) is 11.6 Å². The average molecular weight is 262 g/mol. The van der Waals surface area contributed by atoms with Crippen LogP contribution in [0, 0.1) is 5.92 Å². The first-order valence-electron chi connectivity index (χ1n) is 7.03. The van der Waals surface area contributed by atoms with Gasteiger partial charge in [0, 0.05) is 19.5 Å². The highest BCUT2D eigenvalue weighted by molar-refractivity contribution is 5.89. The molecule has 0 saturated carbocycles. The van der Waals surface area contributed by atoms with Gasteiger partial charge in [-0.15, -0.1) is 10.2 Å². The molecule has 1 aliphatic heterocycles. The smallest absolute Gasteiger partial charge is 0.225 e. The molecule has 0 radical (unpaired) electrons. The highest BCUT2D eigenvalue weighted by Gasteiger charge is 2.13. The first-order valence-corrected chi connectivity index (χ1v) is 7.03. The lowest BCUT2D eigenvalue weighted by molar-refractivity contribution is -0.116. The van der Waals surface area contributed by atoms with E-state index in [0.29, 0.717) is 18.2 Å². The molecule has 1 aromatic rings. The molecule has 2 heterocycles. The van der Waals surface area contributed by atoms with Gasteiger partial charge in [-0.3, -0.25) is 4.79 Å². The van der Waals surface area contributed by atoms with Gasteiger partial charge >= 0.3 is 0 Å². The summed E-state index contributed by atoms with van der Waals surface area (Å²) >= 11 is 0. The Balaban J connectivity index is 1.92. The second-order valence-corrected chi connectivity index (χ2v) is 5.47. The maximum absolute atomic E-state index is 11.6. The zero-order chi connectivity index (χ0) is 13.7. The van der Waals surface area contributed by atoms with Crippen LogP contribution in [-0.4, -0.2) is 29.2 Å². The number of carbonyl (C=O) groups excluding carboxylic acids is 1. The molecule has 0 aliphatic carbocycles. The second-order valence-electron chi connectivity index (χ2n) is 5.47. The minimum atomic E-state index is -0.00461. The van der Waals surface area contributed by atoms with Crippen molar-refractivity contribution in [2.45, 2.75) is 39.5 Å². The van der Waals surface area contributed by atoms with E-state index in [2.05, 4.69) is 20.4 Å². The van der Waals surface area contributed by atoms with Crippen molar-refractivity contribution < 1.29 is 4.79 Å². The third-order valence-corrected chi connectivity index (χ3v) is 3.19. The lowest BCUT2D eigenvalue weighted by Crippen LogP contribution is -2.30. The number of rotatable bonds is 4. The van der Waals surface area contributed by atoms with Crippen molar-refractivity contribution in [3.8, 4) is 0 Å². The maximum Gasteiger partial charge on any atom is 0.225 e. The second kappa shape index (κ2) is 6.50. The Bertz CT molecular complexity index is 410. The summed E-state index contributed by atoms with van der Waals surface area (Å²) in [4.78, 5) is 13.9. The van der Waals surface area contributed by atoms with Crippen LogP contribution in [0.2, 0.25) is 0 Å². The lowest BCUT2D eigenvalue weighted by Gasteiger charge is -2.27. The normalized spacial score (nSPS) is 15.6. The van der Waals surface area contributed by atoms with Crippen molar-refractivity contribution in [1.82, 2.24) is 10.2 Å². The number of nitrogens with zero attached hydrogens (tertiary/aromatic N) is 3. The van der Waals surface area contributed by atoms with Crippen molar-refractivity contribution >= 4 is 17.5 Å². The third-order valence-electron chi connectivity index (χ3n) is 3.19. The van der Waals surface area contributed by atoms with Crippen LogP contribution in [0.3, 0.4) is 0 Å². The summed E-state index contributed by atoms with van der Waals surface area (Å²) in [7, 11) is 0. The quantitative estimate of drug-likeness (QED) is 0.905. The SMILES string of the molecule is CC(C)CC(=O)Nc1ccc(N2CCCCC2)nn1. The van der Waals surface area contributed by atoms with Crippen LogP contribution >= 0.6 is 0 Å². The van der Waals surface area contributed by atoms with Crippen LogP contribution in [0.1, 0.15) is 39.5 Å². The number of amides is 1. The Labute approximate surface area is 114 Å². The van der Waals surface area contributed by atoms with E-state index < -0.39 is 0 Å². The predicted molar refractivity (Wildman–Crippen MR) is 76.2 cm³/mol. The lowest BCUT2D eigenvalue weighted by atomic mass is 10.1. The zero-order valence-electron chi connectivity index (χ0n) is 11.7. The summed E-state index contributed by atoms with van der Waals surface area (Å²) < 4.78 is 0. The van der Waals surface area contributed by atoms with Crippen molar-refractivity contribution in [3.63, 3.8) is 0 Å². The summed E-state index contributed by atoms with van der Waals surface area (Å²) in [5, 5.41) is 11.0. The highest BCUT2D eigenvalue weighted by atomic mass is 16.1. The molecule has 5 heteroatoms. The van der Waals surface area contributed by atoms with E-state index in [0.717, 1.165) is 18.9 Å². The van der Waals surface area contributed by atoms with E-state index in [1.165, 1.54) is 19.3 Å². The summed E-state index contributed by atoms with van der Waals surface area (Å²) in [5.74, 6) is 1.78. The summed E-state index contributed by atoms with van der Waals surface area (Å²) in [6.07, 6.45) is 4.24. The van der Waals surface area contributed by atoms with E-state index in [4.69, 9.17) is 0 Å². The monoisotopic (exact) mass is 262 g/mol. The molecular weight excluding hydrogens is 240 g/mol. The van der Waals surface area contributed by atoms with E-state index in [1.807, 2.05) is 26.0 Å². The van der Waals surface area contributed by atoms with Crippen LogP contribution in [0.15, 0.2) is 12.1 Å². The molecule has 5 nitrogen and oxygen atoms in total. The predicted octanol–water partition coefficient (Wildman–Crippen LogP) is 2.45. The standard InChI is InChI=1S/C14H22N4O/c1-11(2)10-14(19)15-12-6-7-13(17-16-12)18-8-4-3-5-9-18/h6-7,11H,3-5,8-10H2,1-2H3,(H,15,16,19). The number of piperidine rings is 1. The Morgan fingerprint density at radius 1 is 1.26 bits per heavy atom. The van der Waals surface area contributed by atoms with E-state index in [9.17, 15) is 4.79 Å². The van der Waals surface area contributed by atoms with Crippen LogP contribution in [-0.2, 0) is 4.79 Å². The van der Waals surface area contributed by atoms with Gasteiger partial charge in [0.25, 0.3) is 0 Å². The Hall–Kier alpha value is -1.65. The number of nitrogens with one attached hydrogen (secondary N) is 1. The van der Waals surface area contributed by atoms with E-state index in [1.54, 1.807) is 0 Å². The molecule has 1 saturated heterocycles. The molecule has 0 aromatic carbocycles. The number of hydrogen-bond donors (Lipinski definition) is 1. The Kier molecular flexibility index (Phi) is 4.71. The van der Waals surface area contributed by atoms with Crippen molar-refractivity contribution in [3.05, 3.63) is 12.1 Å². The topological polar surface area (TPSA) is 58.1 Å². The molecule has 0 unspecified atom stereocenters. The Morgan fingerprint density at radius 3 is 2.58 bits per heavy atom. The van der Waals surface area contributed by atoms with Gasteiger partial charge in [-0.2, -0.15) is 0 Å². The third kappa shape index (κ3) is 4.19. The van der Waals surface area contributed by atoms with Crippen LogP contribution in [0.4, 0.5) is 11.6 Å². The van der Waals surface area contributed by atoms with E-state index in [-0.39, 0.29) is 5.91 Å². The maximum atomic E-state index is 11.6. The summed E-state index contributed by atoms with van der Waals surface area (Å²) in [5.41, 5.74) is 0. The highest BCUT2D eigenvalue weighted by Crippen LogP contribution is 2.17. The summed E-state index contributed by atoms with van der Waals surface area (Å²) in [6, 6.07) is 3.76. The molecule has 1 amide bonds. The molecule has 0 atom stereocenters. The molecule has 2 rings (SSSR count). The summed E-state index contributed by atoms with van der Waals surface area (Å²) in [6.45, 7) is 6.14. The molecule has 1 fully saturated rings. The Morgan fingerprint density at radius 2 is 2.00 bits per heavy atom. The van der Waals surface area contributed by atoms with Crippen LogP contribution < -0.4 is 10.2 Å². The number of hydrogen-bond acceptors (Lipinski definition) is 4. The van der Waals surface area contributed by atoms with Gasteiger partial charge in [0.1, 0.15) is 0 Å². The van der Waals surface area contributed by atoms with Crippen LogP contribution in [0.5, 0.6) is 0 Å². The van der Waals surface area contributed by atoms with Gasteiger partial charge in [-0.05, 0) is 37.3 Å². The molecule has 0 bridgehead atoms. The number of carbonyl (C=O) groups is 1. The number of anilines is 2. The zero-order valence-corrected chi connectivity index (χ0v) is 11.7. The van der Waals surface area contributed by atoms with Gasteiger partial charge in [-0.1, -0.05) is 13.8 Å². The molecule has 19 heavy (non-hydrogen) atoms. The largest absolute Gasteiger partial charge is 0.355 e. The fourth-order valence-corrected chi connectivity index (χ4v) is 2.25. The first kappa shape index (κ1) is 13.8. The van der Waals surface area contributed by atoms with Crippen molar-refractivity contribution in [1.29, 1.82) is 0 Å². The van der Waals surface area contributed by atoms with E-state index >= 15 is 0 Å². The van der Waals surface area contributed by atoms with Crippen molar-refractivity contribution in [2.75, 3.05) is 23.3 Å². The molecule has 1 aromatic heterocycles. The number of aromatic nitrogens is 2. The molecular formula is C14H22N4O.